The number of unbranched alkanes of at least 4 members (excludes halogenated alkanes) is 7. The lowest BCUT2D eigenvalue weighted by Gasteiger charge is -2.37. The summed E-state index contributed by atoms with van der Waals surface area (Å²) in [5.41, 5.74) is 2.85. The van der Waals surface area contributed by atoms with Crippen molar-refractivity contribution in [1.82, 2.24) is 0 Å². The minimum Gasteiger partial charge on any atom is -0.203 e. The number of benzene rings is 2. The predicted molar refractivity (Wildman–Crippen MR) is 185 cm³/mol. The van der Waals surface area contributed by atoms with Crippen molar-refractivity contribution in [1.29, 1.82) is 0 Å². The maximum atomic E-state index is 15.5. The van der Waals surface area contributed by atoms with Crippen LogP contribution < -0.4 is 0 Å². The first kappa shape index (κ1) is 34.7. The Kier molecular flexibility index (Phi) is 12.8. The lowest BCUT2D eigenvalue weighted by molar-refractivity contribution is 0.170. The average Bonchev–Trinajstić information content (AvgIpc) is 3.09. The van der Waals surface area contributed by atoms with Gasteiger partial charge in [0.05, 0.1) is 0 Å². The highest BCUT2D eigenvalue weighted by molar-refractivity contribution is 5.78. The monoisotopic (exact) mass is 634 g/mol. The van der Waals surface area contributed by atoms with Crippen LogP contribution in [0.3, 0.4) is 0 Å². The molecule has 0 heterocycles. The Morgan fingerprint density at radius 2 is 1.13 bits per heavy atom. The lowest BCUT2D eigenvalue weighted by Crippen LogP contribution is -2.25. The molecule has 0 spiro atoms. The zero-order chi connectivity index (χ0) is 32.5. The highest BCUT2D eigenvalue weighted by Crippen LogP contribution is 2.45. The van der Waals surface area contributed by atoms with Gasteiger partial charge in [0.1, 0.15) is 0 Å². The predicted octanol–water partition coefficient (Wildman–Crippen LogP) is 13.5. The van der Waals surface area contributed by atoms with Crippen LogP contribution in [0.2, 0.25) is 0 Å². The number of hydrogen-bond acceptors (Lipinski definition) is 0. The maximum absolute atomic E-state index is 15.5. The van der Waals surface area contributed by atoms with Gasteiger partial charge in [0.25, 0.3) is 0 Å². The van der Waals surface area contributed by atoms with Crippen LogP contribution in [0, 0.1) is 41.0 Å². The molecule has 0 bridgehead atoms. The summed E-state index contributed by atoms with van der Waals surface area (Å²) in [5.74, 6) is -0.875. The van der Waals surface area contributed by atoms with Gasteiger partial charge in [0.15, 0.2) is 23.3 Å². The van der Waals surface area contributed by atoms with Gasteiger partial charge in [-0.25, -0.2) is 17.6 Å². The number of rotatable bonds is 14. The summed E-state index contributed by atoms with van der Waals surface area (Å²) >= 11 is 0. The molecule has 2 aromatic rings. The van der Waals surface area contributed by atoms with Gasteiger partial charge in [0.2, 0.25) is 0 Å². The Hall–Kier alpha value is -2.62. The molecule has 46 heavy (non-hydrogen) atoms. The smallest absolute Gasteiger partial charge is 0.166 e. The largest absolute Gasteiger partial charge is 0.203 e. The Labute approximate surface area is 275 Å². The normalized spacial score (nSPS) is 23.6. The third-order valence-electron chi connectivity index (χ3n) is 11.4. The van der Waals surface area contributed by atoms with Crippen molar-refractivity contribution in [2.24, 2.45) is 17.8 Å². The highest BCUT2D eigenvalue weighted by Gasteiger charge is 2.32. The zero-order valence-corrected chi connectivity index (χ0v) is 28.0. The van der Waals surface area contributed by atoms with Gasteiger partial charge in [-0.2, -0.15) is 0 Å². The number of allylic oxidation sites excluding steroid dienone is 5. The van der Waals surface area contributed by atoms with E-state index in [1.807, 2.05) is 0 Å². The van der Waals surface area contributed by atoms with Crippen LogP contribution >= 0.6 is 0 Å². The third-order valence-corrected chi connectivity index (χ3v) is 11.4. The molecule has 0 aliphatic heterocycles. The summed E-state index contributed by atoms with van der Waals surface area (Å²) < 4.78 is 61.1. The van der Waals surface area contributed by atoms with Crippen LogP contribution in [-0.4, -0.2) is 0 Å². The molecule has 2 saturated carbocycles. The van der Waals surface area contributed by atoms with Gasteiger partial charge in [0, 0.05) is 11.1 Å². The minimum atomic E-state index is -0.805. The molecule has 0 N–H and O–H groups in total. The summed E-state index contributed by atoms with van der Waals surface area (Å²) in [6.45, 7) is 6.17. The quantitative estimate of drug-likeness (QED) is 0.110. The molecular formula is C42H54F4. The summed E-state index contributed by atoms with van der Waals surface area (Å²) in [6, 6.07) is 6.90. The van der Waals surface area contributed by atoms with Crippen LogP contribution in [0.1, 0.15) is 151 Å². The Morgan fingerprint density at radius 1 is 0.609 bits per heavy atom. The van der Waals surface area contributed by atoms with E-state index in [0.717, 1.165) is 50.9 Å². The first-order valence-electron chi connectivity index (χ1n) is 18.4. The zero-order valence-electron chi connectivity index (χ0n) is 28.0. The average molecular weight is 635 g/mol. The molecule has 3 aliphatic carbocycles. The Balaban J connectivity index is 1.17. The molecule has 0 saturated heterocycles. The first-order chi connectivity index (χ1) is 22.4. The first-order valence-corrected chi connectivity index (χ1v) is 18.4. The number of halogens is 4. The van der Waals surface area contributed by atoms with Crippen molar-refractivity contribution in [2.75, 3.05) is 0 Å². The second-order valence-electron chi connectivity index (χ2n) is 14.4. The van der Waals surface area contributed by atoms with Crippen LogP contribution in [-0.2, 0) is 6.42 Å². The topological polar surface area (TPSA) is 0 Å². The number of aryl methyl sites for hydroxylation is 1. The molecule has 0 atom stereocenters. The van der Waals surface area contributed by atoms with Gasteiger partial charge in [-0.3, -0.25) is 0 Å². The standard InChI is InChI=1S/C42H54F4/c1-3-5-6-7-8-9-10-11-12-35-25-26-36(40(44)39(35)43)33-21-23-34(24-22-33)38-28-27-37(41(45)42(38)46)32-19-17-31(18-20-32)30-15-13-29(4-2)14-16-30/h4,21,23,25-32H,2-3,5-20,22,24H2,1H3. The molecule has 4 heteroatoms. The van der Waals surface area contributed by atoms with E-state index in [4.69, 9.17) is 0 Å². The fourth-order valence-electron chi connectivity index (χ4n) is 8.45. The fourth-order valence-corrected chi connectivity index (χ4v) is 8.45. The molecule has 5 rings (SSSR count). The Bertz CT molecular complexity index is 1370. The van der Waals surface area contributed by atoms with Crippen molar-refractivity contribution >= 4 is 11.1 Å². The summed E-state index contributed by atoms with van der Waals surface area (Å²) in [5, 5.41) is 0. The van der Waals surface area contributed by atoms with Gasteiger partial charge in [-0.05, 0) is 123 Å². The van der Waals surface area contributed by atoms with Crippen molar-refractivity contribution < 1.29 is 17.6 Å². The molecule has 2 aromatic carbocycles. The van der Waals surface area contributed by atoms with Crippen molar-refractivity contribution in [3.05, 3.63) is 94.6 Å². The van der Waals surface area contributed by atoms with Crippen molar-refractivity contribution in [3.63, 3.8) is 0 Å². The summed E-state index contributed by atoms with van der Waals surface area (Å²) in [6.07, 6.45) is 25.3. The van der Waals surface area contributed by atoms with Crippen molar-refractivity contribution in [3.8, 4) is 0 Å². The lowest BCUT2D eigenvalue weighted by atomic mass is 9.68. The van der Waals surface area contributed by atoms with Crippen LogP contribution in [0.25, 0.3) is 11.1 Å². The molecule has 250 valence electrons. The van der Waals surface area contributed by atoms with E-state index in [9.17, 15) is 4.39 Å². The molecule has 3 aliphatic rings. The molecule has 0 unspecified atom stereocenters. The second kappa shape index (κ2) is 17.0. The molecular weight excluding hydrogens is 580 g/mol. The van der Waals surface area contributed by atoms with Gasteiger partial charge in [-0.1, -0.05) is 94.4 Å². The fraction of sp³-hybridized carbons (Fsp3) is 0.571. The van der Waals surface area contributed by atoms with E-state index < -0.39 is 23.3 Å². The highest BCUT2D eigenvalue weighted by atomic mass is 19.2. The van der Waals surface area contributed by atoms with E-state index in [1.54, 1.807) is 36.4 Å². The molecule has 0 nitrogen and oxygen atoms in total. The summed E-state index contributed by atoms with van der Waals surface area (Å²) in [4.78, 5) is 0. The summed E-state index contributed by atoms with van der Waals surface area (Å²) in [7, 11) is 0. The van der Waals surface area contributed by atoms with Gasteiger partial charge in [-0.15, -0.1) is 6.58 Å². The van der Waals surface area contributed by atoms with Crippen LogP contribution in [0.5, 0.6) is 0 Å². The van der Waals surface area contributed by atoms with E-state index >= 15 is 13.2 Å². The van der Waals surface area contributed by atoms with E-state index in [0.29, 0.717) is 53.4 Å². The maximum Gasteiger partial charge on any atom is 0.166 e. The van der Waals surface area contributed by atoms with Gasteiger partial charge >= 0.3 is 0 Å². The van der Waals surface area contributed by atoms with Gasteiger partial charge < -0.3 is 0 Å². The molecule has 0 aromatic heterocycles. The molecule has 0 radical (unpaired) electrons. The van der Waals surface area contributed by atoms with Crippen LogP contribution in [0.15, 0.2) is 49.1 Å². The second-order valence-corrected chi connectivity index (χ2v) is 14.4. The van der Waals surface area contributed by atoms with E-state index in [1.165, 1.54) is 57.8 Å². The Morgan fingerprint density at radius 3 is 1.70 bits per heavy atom. The SMILES string of the molecule is C=CC1CCC(C2CCC(c3ccc(C4=CC=C(c5ccc(CCCCCCCCCC)c(F)c5F)CC4)c(F)c3F)CC2)CC1. The molecule has 2 fully saturated rings. The molecule has 0 amide bonds. The van der Waals surface area contributed by atoms with Crippen LogP contribution in [0.4, 0.5) is 17.6 Å². The third kappa shape index (κ3) is 8.45. The number of hydrogen-bond donors (Lipinski definition) is 0. The van der Waals surface area contributed by atoms with Crippen molar-refractivity contribution in [2.45, 2.75) is 135 Å². The van der Waals surface area contributed by atoms with E-state index in [-0.39, 0.29) is 17.0 Å². The minimum absolute atomic E-state index is 0.0625. The van der Waals surface area contributed by atoms with E-state index in [2.05, 4.69) is 19.6 Å².